The van der Waals surface area contributed by atoms with E-state index in [0.29, 0.717) is 6.42 Å². The van der Waals surface area contributed by atoms with Crippen molar-refractivity contribution in [2.24, 2.45) is 5.92 Å². The van der Waals surface area contributed by atoms with Gasteiger partial charge in [-0.1, -0.05) is 37.3 Å². The summed E-state index contributed by atoms with van der Waals surface area (Å²) >= 11 is 0. The minimum atomic E-state index is -0.539. The fourth-order valence-corrected chi connectivity index (χ4v) is 3.05. The topological polar surface area (TPSA) is 49.8 Å². The zero-order valence-corrected chi connectivity index (χ0v) is 14.1. The van der Waals surface area contributed by atoms with Crippen molar-refractivity contribution in [2.45, 2.75) is 64.8 Å². The summed E-state index contributed by atoms with van der Waals surface area (Å²) in [5.74, 6) is 0.0289. The van der Waals surface area contributed by atoms with Crippen LogP contribution < -0.4 is 0 Å². The highest BCUT2D eigenvalue weighted by molar-refractivity contribution is 5.69. The fourth-order valence-electron chi connectivity index (χ4n) is 3.05. The Bertz CT molecular complexity index is 509. The average molecular weight is 305 g/mol. The lowest BCUT2D eigenvalue weighted by Crippen LogP contribution is -2.46. The molecular formula is C18H27NO3. The van der Waals surface area contributed by atoms with Crippen LogP contribution in [0.15, 0.2) is 30.3 Å². The number of ether oxygens (including phenoxy) is 1. The van der Waals surface area contributed by atoms with Crippen molar-refractivity contribution in [3.63, 3.8) is 0 Å². The van der Waals surface area contributed by atoms with Gasteiger partial charge in [-0.05, 0) is 39.7 Å². The van der Waals surface area contributed by atoms with Crippen LogP contribution in [-0.2, 0) is 11.2 Å². The molecule has 1 aromatic carbocycles. The molecule has 1 saturated heterocycles. The maximum absolute atomic E-state index is 12.6. The van der Waals surface area contributed by atoms with E-state index in [9.17, 15) is 9.90 Å². The third-order valence-corrected chi connectivity index (χ3v) is 4.38. The van der Waals surface area contributed by atoms with Crippen LogP contribution in [-0.4, -0.2) is 39.9 Å². The third-order valence-electron chi connectivity index (χ3n) is 4.38. The summed E-state index contributed by atoms with van der Waals surface area (Å²) in [6, 6.07) is 9.66. The summed E-state index contributed by atoms with van der Waals surface area (Å²) in [6.45, 7) is 9.54. The minimum Gasteiger partial charge on any atom is -0.444 e. The van der Waals surface area contributed by atoms with Gasteiger partial charge in [-0.2, -0.15) is 0 Å². The Morgan fingerprint density at radius 1 is 1.23 bits per heavy atom. The molecule has 122 valence electrons. The summed E-state index contributed by atoms with van der Waals surface area (Å²) in [5, 5.41) is 10.6. The van der Waals surface area contributed by atoms with Gasteiger partial charge < -0.3 is 9.84 Å². The van der Waals surface area contributed by atoms with Gasteiger partial charge >= 0.3 is 6.09 Å². The van der Waals surface area contributed by atoms with E-state index in [4.69, 9.17) is 4.74 Å². The SMILES string of the molecule is C[C@@H]1[C@H](O)[C@H](Cc2ccccc2)N(C(=O)OC(C)(C)C)[C@H]1C. The minimum absolute atomic E-state index is 0.0289. The Morgan fingerprint density at radius 3 is 2.36 bits per heavy atom. The van der Waals surface area contributed by atoms with Gasteiger partial charge in [0.2, 0.25) is 0 Å². The number of nitrogens with zero attached hydrogens (tertiary/aromatic N) is 1. The molecule has 1 aromatic rings. The van der Waals surface area contributed by atoms with E-state index in [2.05, 4.69) is 0 Å². The molecule has 0 bridgehead atoms. The second-order valence-electron chi connectivity index (χ2n) is 7.23. The van der Waals surface area contributed by atoms with E-state index < -0.39 is 11.7 Å². The lowest BCUT2D eigenvalue weighted by atomic mass is 9.96. The van der Waals surface area contributed by atoms with Crippen molar-refractivity contribution in [1.82, 2.24) is 4.90 Å². The number of benzene rings is 1. The lowest BCUT2D eigenvalue weighted by molar-refractivity contribution is 0.00999. The third kappa shape index (κ3) is 3.61. The Hall–Kier alpha value is -1.55. The molecule has 0 radical (unpaired) electrons. The van der Waals surface area contributed by atoms with E-state index >= 15 is 0 Å². The molecule has 1 N–H and O–H groups in total. The predicted octanol–water partition coefficient (Wildman–Crippen LogP) is 3.23. The van der Waals surface area contributed by atoms with Crippen LogP contribution in [0.3, 0.4) is 0 Å². The average Bonchev–Trinajstić information content (AvgIpc) is 2.63. The van der Waals surface area contributed by atoms with E-state index in [0.717, 1.165) is 5.56 Å². The van der Waals surface area contributed by atoms with E-state index in [1.54, 1.807) is 4.90 Å². The van der Waals surface area contributed by atoms with Gasteiger partial charge in [0.25, 0.3) is 0 Å². The summed E-state index contributed by atoms with van der Waals surface area (Å²) in [7, 11) is 0. The van der Waals surface area contributed by atoms with Crippen LogP contribution >= 0.6 is 0 Å². The molecule has 4 heteroatoms. The molecule has 1 heterocycles. The Morgan fingerprint density at radius 2 is 1.82 bits per heavy atom. The molecule has 0 saturated carbocycles. The van der Waals surface area contributed by atoms with Crippen LogP contribution in [0.4, 0.5) is 4.79 Å². The van der Waals surface area contributed by atoms with Crippen molar-refractivity contribution in [3.05, 3.63) is 35.9 Å². The first-order chi connectivity index (χ1) is 10.2. The van der Waals surface area contributed by atoms with E-state index in [-0.39, 0.29) is 24.1 Å². The first kappa shape index (κ1) is 16.8. The van der Waals surface area contributed by atoms with Crippen LogP contribution in [0.2, 0.25) is 0 Å². The summed E-state index contributed by atoms with van der Waals surface area (Å²) < 4.78 is 5.53. The van der Waals surface area contributed by atoms with Gasteiger partial charge in [-0.25, -0.2) is 4.79 Å². The number of hydrogen-bond donors (Lipinski definition) is 1. The van der Waals surface area contributed by atoms with Crippen LogP contribution in [0.5, 0.6) is 0 Å². The van der Waals surface area contributed by atoms with Gasteiger partial charge in [0.1, 0.15) is 5.60 Å². The number of aliphatic hydroxyl groups is 1. The Kier molecular flexibility index (Phi) is 4.81. The first-order valence-electron chi connectivity index (χ1n) is 7.94. The number of rotatable bonds is 2. The maximum atomic E-state index is 12.6. The molecule has 0 unspecified atom stereocenters. The van der Waals surface area contributed by atoms with Crippen molar-refractivity contribution in [2.75, 3.05) is 0 Å². The number of hydrogen-bond acceptors (Lipinski definition) is 3. The fraction of sp³-hybridized carbons (Fsp3) is 0.611. The van der Waals surface area contributed by atoms with Gasteiger partial charge in [-0.15, -0.1) is 0 Å². The molecule has 0 aromatic heterocycles. The van der Waals surface area contributed by atoms with Crippen LogP contribution in [0.1, 0.15) is 40.2 Å². The van der Waals surface area contributed by atoms with Crippen molar-refractivity contribution < 1.29 is 14.6 Å². The first-order valence-corrected chi connectivity index (χ1v) is 7.94. The molecule has 4 nitrogen and oxygen atoms in total. The quantitative estimate of drug-likeness (QED) is 0.912. The summed E-state index contributed by atoms with van der Waals surface area (Å²) in [6.07, 6.45) is -0.248. The molecule has 1 amide bonds. The molecule has 4 atom stereocenters. The van der Waals surface area contributed by atoms with E-state index in [1.165, 1.54) is 0 Å². The molecule has 1 fully saturated rings. The van der Waals surface area contributed by atoms with Crippen LogP contribution in [0.25, 0.3) is 0 Å². The highest BCUT2D eigenvalue weighted by Gasteiger charge is 2.47. The molecular weight excluding hydrogens is 278 g/mol. The number of aliphatic hydroxyl groups excluding tert-OH is 1. The largest absolute Gasteiger partial charge is 0.444 e. The van der Waals surface area contributed by atoms with Crippen molar-refractivity contribution >= 4 is 6.09 Å². The standard InChI is InChI=1S/C18H27NO3/c1-12-13(2)19(17(21)22-18(3,4)5)15(16(12)20)11-14-9-7-6-8-10-14/h6-10,12-13,15-16,20H,11H2,1-5H3/t12-,13-,15-,16-/m0/s1. The number of likely N-dealkylation sites (tertiary alicyclic amines) is 1. The van der Waals surface area contributed by atoms with E-state index in [1.807, 2.05) is 65.0 Å². The number of carbonyl (C=O) groups is 1. The van der Waals surface area contributed by atoms with Crippen molar-refractivity contribution in [3.8, 4) is 0 Å². The second-order valence-corrected chi connectivity index (χ2v) is 7.23. The zero-order valence-electron chi connectivity index (χ0n) is 14.1. The molecule has 0 spiro atoms. The van der Waals surface area contributed by atoms with Gasteiger partial charge in [0.05, 0.1) is 12.1 Å². The molecule has 2 rings (SSSR count). The highest BCUT2D eigenvalue weighted by atomic mass is 16.6. The van der Waals surface area contributed by atoms with Crippen LogP contribution in [0, 0.1) is 5.92 Å². The van der Waals surface area contributed by atoms with Crippen molar-refractivity contribution in [1.29, 1.82) is 0 Å². The zero-order chi connectivity index (χ0) is 16.5. The maximum Gasteiger partial charge on any atom is 0.410 e. The molecule has 0 aliphatic carbocycles. The molecule has 1 aliphatic heterocycles. The smallest absolute Gasteiger partial charge is 0.410 e. The summed E-state index contributed by atoms with van der Waals surface area (Å²) in [5.41, 5.74) is 0.576. The monoisotopic (exact) mass is 305 g/mol. The molecule has 22 heavy (non-hydrogen) atoms. The second kappa shape index (κ2) is 6.29. The molecule has 1 aliphatic rings. The van der Waals surface area contributed by atoms with Gasteiger partial charge in [0.15, 0.2) is 0 Å². The van der Waals surface area contributed by atoms with Gasteiger partial charge in [0, 0.05) is 12.0 Å². The Labute approximate surface area is 133 Å². The number of carbonyl (C=O) groups excluding carboxylic acids is 1. The number of amides is 1. The van der Waals surface area contributed by atoms with Gasteiger partial charge in [-0.3, -0.25) is 4.90 Å². The highest BCUT2D eigenvalue weighted by Crippen LogP contribution is 2.33. The predicted molar refractivity (Wildman–Crippen MR) is 86.6 cm³/mol. The lowest BCUT2D eigenvalue weighted by Gasteiger charge is -2.32. The Balaban J connectivity index is 2.22. The summed E-state index contributed by atoms with van der Waals surface area (Å²) in [4.78, 5) is 14.3. The normalized spacial score (nSPS) is 28.7.